The molecule has 1 saturated heterocycles. The summed E-state index contributed by atoms with van der Waals surface area (Å²) in [7, 11) is 2.09. The van der Waals surface area contributed by atoms with Gasteiger partial charge in [0.25, 0.3) is 0 Å². The molecule has 1 fully saturated rings. The quantitative estimate of drug-likeness (QED) is 0.694. The number of rotatable bonds is 5. The lowest BCUT2D eigenvalue weighted by Crippen LogP contribution is -2.41. The summed E-state index contributed by atoms with van der Waals surface area (Å²) in [6.07, 6.45) is 3.27. The van der Waals surface area contributed by atoms with Gasteiger partial charge >= 0.3 is 11.8 Å². The van der Waals surface area contributed by atoms with Gasteiger partial charge in [-0.25, -0.2) is 4.39 Å². The van der Waals surface area contributed by atoms with Crippen LogP contribution in [0.2, 0.25) is 5.02 Å². The Hall–Kier alpha value is -2.64. The van der Waals surface area contributed by atoms with Crippen LogP contribution in [-0.4, -0.2) is 49.9 Å². The van der Waals surface area contributed by atoms with Crippen LogP contribution in [0.15, 0.2) is 36.4 Å². The van der Waals surface area contributed by atoms with Crippen molar-refractivity contribution in [2.24, 2.45) is 0 Å². The van der Waals surface area contributed by atoms with Crippen molar-refractivity contribution in [1.29, 1.82) is 0 Å². The Morgan fingerprint density at radius 1 is 1.10 bits per heavy atom. The van der Waals surface area contributed by atoms with Gasteiger partial charge < -0.3 is 15.5 Å². The third-order valence-electron chi connectivity index (χ3n) is 6.04. The van der Waals surface area contributed by atoms with Crippen molar-refractivity contribution < 1.29 is 14.0 Å². The monoisotopic (exact) mass is 444 g/mol. The van der Waals surface area contributed by atoms with Crippen molar-refractivity contribution in [2.45, 2.75) is 25.3 Å². The van der Waals surface area contributed by atoms with E-state index in [9.17, 15) is 14.0 Å². The number of carbonyl (C=O) groups is 2. The fraction of sp³-hybridized carbons (Fsp3) is 0.391. The molecular weight excluding hydrogens is 419 g/mol. The summed E-state index contributed by atoms with van der Waals surface area (Å²) < 4.78 is 13.3. The van der Waals surface area contributed by atoms with Crippen LogP contribution in [0.25, 0.3) is 0 Å². The van der Waals surface area contributed by atoms with Crippen LogP contribution in [0.1, 0.15) is 30.0 Å². The molecule has 6 nitrogen and oxygen atoms in total. The summed E-state index contributed by atoms with van der Waals surface area (Å²) in [4.78, 5) is 29.3. The predicted molar refractivity (Wildman–Crippen MR) is 120 cm³/mol. The minimum atomic E-state index is -0.807. The highest BCUT2D eigenvalue weighted by Crippen LogP contribution is 2.32. The van der Waals surface area contributed by atoms with Gasteiger partial charge in [0.05, 0.1) is 11.1 Å². The number of halogens is 2. The molecule has 2 aliphatic rings. The van der Waals surface area contributed by atoms with Gasteiger partial charge in [0.1, 0.15) is 5.82 Å². The van der Waals surface area contributed by atoms with E-state index in [4.69, 9.17) is 11.6 Å². The van der Waals surface area contributed by atoms with Crippen molar-refractivity contribution in [3.05, 3.63) is 58.4 Å². The molecule has 0 radical (unpaired) electrons. The zero-order valence-corrected chi connectivity index (χ0v) is 18.2. The topological polar surface area (TPSA) is 64.7 Å². The number of likely N-dealkylation sites (tertiary alicyclic amines) is 1. The Balaban J connectivity index is 1.43. The van der Waals surface area contributed by atoms with Crippen LogP contribution >= 0.6 is 11.6 Å². The van der Waals surface area contributed by atoms with Crippen molar-refractivity contribution >= 4 is 34.8 Å². The van der Waals surface area contributed by atoms with E-state index in [2.05, 4.69) is 45.7 Å². The maximum Gasteiger partial charge on any atom is 0.313 e. The molecule has 31 heavy (non-hydrogen) atoms. The van der Waals surface area contributed by atoms with Gasteiger partial charge in [-0.15, -0.1) is 0 Å². The first kappa shape index (κ1) is 21.6. The van der Waals surface area contributed by atoms with Gasteiger partial charge in [0, 0.05) is 31.5 Å². The first-order valence-corrected chi connectivity index (χ1v) is 10.9. The molecule has 2 aromatic rings. The predicted octanol–water partition coefficient (Wildman–Crippen LogP) is 3.36. The average molecular weight is 445 g/mol. The molecular formula is C23H26ClFN4O2. The minimum Gasteiger partial charge on any atom is -0.374 e. The summed E-state index contributed by atoms with van der Waals surface area (Å²) >= 11 is 5.73. The molecule has 2 aromatic carbocycles. The molecule has 0 aliphatic carbocycles. The molecule has 8 heteroatoms. The Morgan fingerprint density at radius 3 is 2.61 bits per heavy atom. The molecule has 0 saturated carbocycles. The molecule has 2 heterocycles. The fourth-order valence-electron chi connectivity index (χ4n) is 4.34. The Bertz CT molecular complexity index is 994. The highest BCUT2D eigenvalue weighted by Gasteiger charge is 2.27. The molecule has 0 unspecified atom stereocenters. The minimum absolute atomic E-state index is 0.00993. The van der Waals surface area contributed by atoms with Crippen molar-refractivity contribution in [3.63, 3.8) is 0 Å². The number of nitrogens with zero attached hydrogens (tertiary/aromatic N) is 2. The fourth-order valence-corrected chi connectivity index (χ4v) is 4.52. The van der Waals surface area contributed by atoms with E-state index < -0.39 is 17.6 Å². The van der Waals surface area contributed by atoms with Crippen LogP contribution in [0.3, 0.4) is 0 Å². The molecule has 2 N–H and O–H groups in total. The van der Waals surface area contributed by atoms with E-state index in [-0.39, 0.29) is 16.8 Å². The van der Waals surface area contributed by atoms with Gasteiger partial charge in [-0.1, -0.05) is 23.7 Å². The van der Waals surface area contributed by atoms with Crippen molar-refractivity contribution in [2.75, 3.05) is 43.4 Å². The standard InChI is InChI=1S/C23H26ClFN4O2/c1-28-11-8-16-12-15(4-7-20(16)28)21(29-9-2-3-10-29)14-26-22(30)23(31)27-17-5-6-19(25)18(24)13-17/h4-7,12-13,21H,2-3,8-11,14H2,1H3,(H,26,30)(H,27,31)/t21-/m1/s1. The molecule has 164 valence electrons. The van der Waals surface area contributed by atoms with E-state index in [1.165, 1.54) is 23.4 Å². The van der Waals surface area contributed by atoms with E-state index in [1.807, 2.05) is 0 Å². The molecule has 4 rings (SSSR count). The van der Waals surface area contributed by atoms with Gasteiger partial charge in [-0.2, -0.15) is 0 Å². The number of carbonyl (C=O) groups excluding carboxylic acids is 2. The maximum atomic E-state index is 13.3. The van der Waals surface area contributed by atoms with Crippen LogP contribution < -0.4 is 15.5 Å². The Kier molecular flexibility index (Phi) is 6.43. The van der Waals surface area contributed by atoms with Gasteiger partial charge in [0.2, 0.25) is 0 Å². The van der Waals surface area contributed by atoms with E-state index in [0.717, 1.165) is 50.5 Å². The number of nitrogens with one attached hydrogen (secondary N) is 2. The molecule has 0 aromatic heterocycles. The van der Waals surface area contributed by atoms with Crippen LogP contribution in [0.5, 0.6) is 0 Å². The van der Waals surface area contributed by atoms with Crippen LogP contribution in [-0.2, 0) is 16.0 Å². The van der Waals surface area contributed by atoms with Crippen molar-refractivity contribution in [1.82, 2.24) is 10.2 Å². The highest BCUT2D eigenvalue weighted by atomic mass is 35.5. The number of anilines is 2. The number of benzene rings is 2. The molecule has 0 spiro atoms. The SMILES string of the molecule is CN1CCc2cc([C@@H](CNC(=O)C(=O)Nc3ccc(F)c(Cl)c3)N3CCCC3)ccc21. The summed E-state index contributed by atoms with van der Waals surface area (Å²) in [5.41, 5.74) is 4.00. The summed E-state index contributed by atoms with van der Waals surface area (Å²) in [5.74, 6) is -2.12. The maximum absolute atomic E-state index is 13.3. The Labute approximate surface area is 186 Å². The zero-order chi connectivity index (χ0) is 22.0. The summed E-state index contributed by atoms with van der Waals surface area (Å²) in [5, 5.41) is 5.11. The summed E-state index contributed by atoms with van der Waals surface area (Å²) in [6.45, 7) is 3.29. The zero-order valence-electron chi connectivity index (χ0n) is 17.5. The van der Waals surface area contributed by atoms with Crippen LogP contribution in [0.4, 0.5) is 15.8 Å². The highest BCUT2D eigenvalue weighted by molar-refractivity contribution is 6.39. The van der Waals surface area contributed by atoms with Crippen LogP contribution in [0, 0.1) is 5.82 Å². The smallest absolute Gasteiger partial charge is 0.313 e. The molecule has 1 atom stereocenters. The average Bonchev–Trinajstić information content (AvgIpc) is 3.41. The largest absolute Gasteiger partial charge is 0.374 e. The first-order chi connectivity index (χ1) is 14.9. The lowest BCUT2D eigenvalue weighted by atomic mass is 10.0. The number of hydrogen-bond donors (Lipinski definition) is 2. The number of amides is 2. The van der Waals surface area contributed by atoms with Crippen molar-refractivity contribution in [3.8, 4) is 0 Å². The van der Waals surface area contributed by atoms with E-state index >= 15 is 0 Å². The second kappa shape index (κ2) is 9.24. The molecule has 2 aliphatic heterocycles. The lowest BCUT2D eigenvalue weighted by molar-refractivity contribution is -0.136. The van der Waals surface area contributed by atoms with E-state index in [1.54, 1.807) is 0 Å². The third-order valence-corrected chi connectivity index (χ3v) is 6.33. The summed E-state index contributed by atoms with van der Waals surface area (Å²) in [6, 6.07) is 10.3. The Morgan fingerprint density at radius 2 is 1.87 bits per heavy atom. The van der Waals surface area contributed by atoms with Gasteiger partial charge in [-0.05, 0) is 67.7 Å². The second-order valence-corrected chi connectivity index (χ2v) is 8.52. The number of likely N-dealkylation sites (N-methyl/N-ethyl adjacent to an activating group) is 1. The number of hydrogen-bond acceptors (Lipinski definition) is 4. The number of fused-ring (bicyclic) bond motifs is 1. The first-order valence-electron chi connectivity index (χ1n) is 10.5. The molecule has 0 bridgehead atoms. The normalized spacial score (nSPS) is 16.8. The molecule has 2 amide bonds. The lowest BCUT2D eigenvalue weighted by Gasteiger charge is -2.28. The second-order valence-electron chi connectivity index (χ2n) is 8.11. The third kappa shape index (κ3) is 4.83. The van der Waals surface area contributed by atoms with Gasteiger partial charge in [-0.3, -0.25) is 14.5 Å². The van der Waals surface area contributed by atoms with Gasteiger partial charge in [0.15, 0.2) is 0 Å². The van der Waals surface area contributed by atoms with E-state index in [0.29, 0.717) is 6.54 Å².